The molecule has 0 saturated heterocycles. The summed E-state index contributed by atoms with van der Waals surface area (Å²) in [6.07, 6.45) is 0.808. The van der Waals surface area contributed by atoms with Crippen molar-refractivity contribution in [3.8, 4) is 11.4 Å². The quantitative estimate of drug-likeness (QED) is 0.430. The van der Waals surface area contributed by atoms with Crippen LogP contribution in [0.3, 0.4) is 0 Å². The number of para-hydroxylation sites is 1. The molecule has 9 heteroatoms. The summed E-state index contributed by atoms with van der Waals surface area (Å²) in [7, 11) is 0. The van der Waals surface area contributed by atoms with Gasteiger partial charge in [0.1, 0.15) is 5.75 Å². The fourth-order valence-electron chi connectivity index (χ4n) is 2.76. The fraction of sp³-hybridized carbons (Fsp3) is 0.286. The average Bonchev–Trinajstić information content (AvgIpc) is 2.72. The molecule has 30 heavy (non-hydrogen) atoms. The van der Waals surface area contributed by atoms with Gasteiger partial charge in [0.15, 0.2) is 5.16 Å². The molecule has 0 fully saturated rings. The number of rotatable bonds is 8. The van der Waals surface area contributed by atoms with Gasteiger partial charge in [-0.2, -0.15) is 8.78 Å². The van der Waals surface area contributed by atoms with Gasteiger partial charge in [-0.3, -0.25) is 14.2 Å². The van der Waals surface area contributed by atoms with Gasteiger partial charge in [-0.05, 0) is 49.7 Å². The van der Waals surface area contributed by atoms with Crippen molar-refractivity contribution in [2.45, 2.75) is 38.1 Å². The smallest absolute Gasteiger partial charge is 0.387 e. The van der Waals surface area contributed by atoms with Crippen LogP contribution in [0.5, 0.6) is 5.75 Å². The van der Waals surface area contributed by atoms with E-state index in [4.69, 9.17) is 0 Å². The molecule has 0 aliphatic rings. The molecule has 1 N–H and O–H groups in total. The number of halogens is 2. The second-order valence-corrected chi connectivity index (χ2v) is 7.53. The summed E-state index contributed by atoms with van der Waals surface area (Å²) >= 11 is 1.13. The zero-order valence-corrected chi connectivity index (χ0v) is 17.3. The lowest BCUT2D eigenvalue weighted by Gasteiger charge is -2.15. The Labute approximate surface area is 176 Å². The molecule has 3 rings (SSSR count). The number of hydrogen-bond acceptors (Lipinski definition) is 5. The van der Waals surface area contributed by atoms with E-state index in [1.165, 1.54) is 28.8 Å². The van der Waals surface area contributed by atoms with E-state index in [0.29, 0.717) is 21.7 Å². The number of benzene rings is 2. The Kier molecular flexibility index (Phi) is 7.04. The Bertz CT molecular complexity index is 1090. The second kappa shape index (κ2) is 9.71. The first-order chi connectivity index (χ1) is 14.4. The van der Waals surface area contributed by atoms with Crippen molar-refractivity contribution in [2.75, 3.05) is 5.75 Å². The number of hydrogen-bond donors (Lipinski definition) is 1. The Hall–Kier alpha value is -2.94. The minimum absolute atomic E-state index is 0.0160. The molecule has 0 aliphatic carbocycles. The molecule has 1 aromatic heterocycles. The third kappa shape index (κ3) is 5.15. The summed E-state index contributed by atoms with van der Waals surface area (Å²) in [6, 6.07) is 12.7. The van der Waals surface area contributed by atoms with E-state index in [-0.39, 0.29) is 29.0 Å². The number of aromatic nitrogens is 2. The Morgan fingerprint density at radius 1 is 1.20 bits per heavy atom. The largest absolute Gasteiger partial charge is 0.435 e. The lowest BCUT2D eigenvalue weighted by Crippen LogP contribution is -2.33. The minimum Gasteiger partial charge on any atom is -0.435 e. The predicted octanol–water partition coefficient (Wildman–Crippen LogP) is 3.99. The highest BCUT2D eigenvalue weighted by Gasteiger charge is 2.16. The molecular weight excluding hydrogens is 412 g/mol. The van der Waals surface area contributed by atoms with Gasteiger partial charge in [0.25, 0.3) is 5.56 Å². The third-order valence-electron chi connectivity index (χ3n) is 4.42. The van der Waals surface area contributed by atoms with Gasteiger partial charge in [0.2, 0.25) is 5.91 Å². The Morgan fingerprint density at radius 3 is 2.57 bits per heavy atom. The standard InChI is InChI=1S/C21H21F2N3O3S/c1-3-13(2)24-18(27)12-30-21-25-17-7-5-4-6-16(17)19(28)26(21)14-8-10-15(11-9-14)29-20(22)23/h4-11,13,20H,3,12H2,1-2H3,(H,24,27)/t13-/m0/s1. The van der Waals surface area contributed by atoms with E-state index >= 15 is 0 Å². The van der Waals surface area contributed by atoms with E-state index in [0.717, 1.165) is 18.2 Å². The van der Waals surface area contributed by atoms with Crippen LogP contribution in [0.4, 0.5) is 8.78 Å². The summed E-state index contributed by atoms with van der Waals surface area (Å²) in [6.45, 7) is 0.953. The number of thioether (sulfide) groups is 1. The van der Waals surface area contributed by atoms with Gasteiger partial charge >= 0.3 is 6.61 Å². The van der Waals surface area contributed by atoms with E-state index in [2.05, 4.69) is 15.0 Å². The van der Waals surface area contributed by atoms with Crippen LogP contribution in [0.1, 0.15) is 20.3 Å². The minimum atomic E-state index is -2.93. The number of carbonyl (C=O) groups excluding carboxylic acids is 1. The molecule has 0 spiro atoms. The van der Waals surface area contributed by atoms with Crippen molar-refractivity contribution in [3.63, 3.8) is 0 Å². The van der Waals surface area contributed by atoms with Gasteiger partial charge in [-0.25, -0.2) is 4.98 Å². The molecule has 0 saturated carbocycles. The van der Waals surface area contributed by atoms with Crippen LogP contribution < -0.4 is 15.6 Å². The van der Waals surface area contributed by atoms with Gasteiger partial charge in [0, 0.05) is 6.04 Å². The summed E-state index contributed by atoms with van der Waals surface area (Å²) in [5, 5.41) is 3.62. The average molecular weight is 433 g/mol. The first-order valence-corrected chi connectivity index (χ1v) is 10.4. The van der Waals surface area contributed by atoms with Crippen molar-refractivity contribution in [3.05, 3.63) is 58.9 Å². The van der Waals surface area contributed by atoms with Crippen LogP contribution in [0.2, 0.25) is 0 Å². The number of carbonyl (C=O) groups is 1. The zero-order valence-electron chi connectivity index (χ0n) is 16.5. The van der Waals surface area contributed by atoms with E-state index in [1.54, 1.807) is 24.3 Å². The van der Waals surface area contributed by atoms with Crippen LogP contribution in [0.25, 0.3) is 16.6 Å². The van der Waals surface area contributed by atoms with Crippen molar-refractivity contribution >= 4 is 28.6 Å². The van der Waals surface area contributed by atoms with E-state index in [9.17, 15) is 18.4 Å². The van der Waals surface area contributed by atoms with Crippen molar-refractivity contribution in [1.82, 2.24) is 14.9 Å². The molecule has 0 aliphatic heterocycles. The lowest BCUT2D eigenvalue weighted by atomic mass is 10.2. The Balaban J connectivity index is 1.98. The number of nitrogens with one attached hydrogen (secondary N) is 1. The highest BCUT2D eigenvalue weighted by Crippen LogP contribution is 2.23. The van der Waals surface area contributed by atoms with E-state index in [1.807, 2.05) is 13.8 Å². The third-order valence-corrected chi connectivity index (χ3v) is 5.36. The van der Waals surface area contributed by atoms with Gasteiger partial charge in [0.05, 0.1) is 22.3 Å². The second-order valence-electron chi connectivity index (χ2n) is 6.59. The molecule has 1 heterocycles. The van der Waals surface area contributed by atoms with Crippen LogP contribution in [0, 0.1) is 0 Å². The van der Waals surface area contributed by atoms with Gasteiger partial charge in [-0.1, -0.05) is 30.8 Å². The van der Waals surface area contributed by atoms with Crippen molar-refractivity contribution in [2.24, 2.45) is 0 Å². The van der Waals surface area contributed by atoms with Crippen molar-refractivity contribution < 1.29 is 18.3 Å². The van der Waals surface area contributed by atoms with Crippen LogP contribution in [-0.2, 0) is 4.79 Å². The number of amides is 1. The maximum Gasteiger partial charge on any atom is 0.387 e. The summed E-state index contributed by atoms with van der Waals surface area (Å²) in [4.78, 5) is 29.9. The topological polar surface area (TPSA) is 73.2 Å². The van der Waals surface area contributed by atoms with Crippen molar-refractivity contribution in [1.29, 1.82) is 0 Å². The molecule has 2 aromatic carbocycles. The first-order valence-electron chi connectivity index (χ1n) is 9.38. The summed E-state index contributed by atoms with van der Waals surface area (Å²) < 4.78 is 30.6. The van der Waals surface area contributed by atoms with Gasteiger partial charge < -0.3 is 10.1 Å². The monoisotopic (exact) mass is 433 g/mol. The molecule has 1 atom stereocenters. The molecular formula is C21H21F2N3O3S. The molecule has 0 unspecified atom stereocenters. The Morgan fingerprint density at radius 2 is 1.90 bits per heavy atom. The highest BCUT2D eigenvalue weighted by molar-refractivity contribution is 7.99. The number of alkyl halides is 2. The molecule has 0 bridgehead atoms. The zero-order chi connectivity index (χ0) is 21.7. The number of ether oxygens (including phenoxy) is 1. The maximum absolute atomic E-state index is 13.1. The van der Waals surface area contributed by atoms with Gasteiger partial charge in [-0.15, -0.1) is 0 Å². The SMILES string of the molecule is CC[C@H](C)NC(=O)CSc1nc2ccccc2c(=O)n1-c1ccc(OC(F)F)cc1. The highest BCUT2D eigenvalue weighted by atomic mass is 32.2. The molecule has 158 valence electrons. The van der Waals surface area contributed by atoms with Crippen LogP contribution in [-0.4, -0.2) is 33.9 Å². The summed E-state index contributed by atoms with van der Waals surface area (Å²) in [5.74, 6) is -0.0940. The predicted molar refractivity (Wildman–Crippen MR) is 113 cm³/mol. The number of nitrogens with zero attached hydrogens (tertiary/aromatic N) is 2. The molecule has 6 nitrogen and oxygen atoms in total. The van der Waals surface area contributed by atoms with E-state index < -0.39 is 6.61 Å². The first kappa shape index (κ1) is 21.8. The fourth-order valence-corrected chi connectivity index (χ4v) is 3.59. The normalized spacial score (nSPS) is 12.2. The molecule has 3 aromatic rings. The number of fused-ring (bicyclic) bond motifs is 1. The van der Waals surface area contributed by atoms with Crippen LogP contribution >= 0.6 is 11.8 Å². The maximum atomic E-state index is 13.1. The molecule has 1 amide bonds. The van der Waals surface area contributed by atoms with Crippen LogP contribution in [0.15, 0.2) is 58.5 Å². The molecule has 0 radical (unpaired) electrons. The lowest BCUT2D eigenvalue weighted by molar-refractivity contribution is -0.119. The summed E-state index contributed by atoms with van der Waals surface area (Å²) in [5.41, 5.74) is 0.638.